The molecule has 2 aromatic carbocycles. The van der Waals surface area contributed by atoms with Gasteiger partial charge < -0.3 is 10.2 Å². The van der Waals surface area contributed by atoms with E-state index in [1.165, 1.54) is 17.0 Å². The Morgan fingerprint density at radius 2 is 1.83 bits per heavy atom. The van der Waals surface area contributed by atoms with E-state index in [9.17, 15) is 14.0 Å². The standard InChI is InChI=1S/C24H30ClFN2O2/c1-5-17(4)27-24(30)22(6-2)28(15-18-10-7-9-16(3)13-18)23(29)14-19-20(25)11-8-12-21(19)26/h7-13,17,22H,5-6,14-15H2,1-4H3,(H,27,30)/t17-,22-/m1/s1. The van der Waals surface area contributed by atoms with E-state index in [2.05, 4.69) is 5.32 Å². The fraction of sp³-hybridized carbons (Fsp3) is 0.417. The number of hydrogen-bond acceptors (Lipinski definition) is 2. The van der Waals surface area contributed by atoms with Crippen LogP contribution >= 0.6 is 11.6 Å². The molecular weight excluding hydrogens is 403 g/mol. The van der Waals surface area contributed by atoms with E-state index in [-0.39, 0.29) is 41.4 Å². The zero-order valence-corrected chi connectivity index (χ0v) is 18.8. The summed E-state index contributed by atoms with van der Waals surface area (Å²) in [5.74, 6) is -1.06. The zero-order chi connectivity index (χ0) is 22.3. The third-order valence-corrected chi connectivity index (χ3v) is 5.57. The molecule has 0 aliphatic heterocycles. The Bertz CT molecular complexity index is 867. The molecule has 1 N–H and O–H groups in total. The Morgan fingerprint density at radius 3 is 2.43 bits per heavy atom. The zero-order valence-electron chi connectivity index (χ0n) is 18.0. The molecule has 0 fully saturated rings. The van der Waals surface area contributed by atoms with Crippen LogP contribution in [0.1, 0.15) is 50.3 Å². The van der Waals surface area contributed by atoms with Crippen LogP contribution in [0.2, 0.25) is 5.02 Å². The van der Waals surface area contributed by atoms with Crippen LogP contribution in [-0.2, 0) is 22.6 Å². The van der Waals surface area contributed by atoms with Crippen LogP contribution < -0.4 is 5.32 Å². The van der Waals surface area contributed by atoms with Gasteiger partial charge in [0.05, 0.1) is 6.42 Å². The van der Waals surface area contributed by atoms with Crippen LogP contribution in [-0.4, -0.2) is 28.8 Å². The number of nitrogens with one attached hydrogen (secondary N) is 1. The minimum atomic E-state index is -0.655. The summed E-state index contributed by atoms with van der Waals surface area (Å²) >= 11 is 6.13. The van der Waals surface area contributed by atoms with E-state index in [0.29, 0.717) is 6.42 Å². The van der Waals surface area contributed by atoms with Crippen molar-refractivity contribution in [2.75, 3.05) is 0 Å². The molecule has 2 rings (SSSR count). The Labute approximate surface area is 183 Å². The second kappa shape index (κ2) is 11.1. The summed E-state index contributed by atoms with van der Waals surface area (Å²) in [4.78, 5) is 27.8. The number of aryl methyl sites for hydroxylation is 1. The van der Waals surface area contributed by atoms with Gasteiger partial charge in [0.1, 0.15) is 11.9 Å². The second-order valence-electron chi connectivity index (χ2n) is 7.63. The molecule has 2 atom stereocenters. The highest BCUT2D eigenvalue weighted by molar-refractivity contribution is 6.31. The molecule has 0 saturated carbocycles. The maximum Gasteiger partial charge on any atom is 0.243 e. The topological polar surface area (TPSA) is 49.4 Å². The summed E-state index contributed by atoms with van der Waals surface area (Å²) in [6.45, 7) is 8.02. The molecule has 2 amide bonds. The lowest BCUT2D eigenvalue weighted by molar-refractivity contribution is -0.141. The SMILES string of the molecule is CC[C@@H](C)NC(=O)[C@@H](CC)N(Cc1cccc(C)c1)C(=O)Cc1c(F)cccc1Cl. The monoisotopic (exact) mass is 432 g/mol. The molecular formula is C24H30ClFN2O2. The number of halogens is 2. The molecule has 2 aromatic rings. The lowest BCUT2D eigenvalue weighted by Gasteiger charge is -2.31. The van der Waals surface area contributed by atoms with Gasteiger partial charge in [-0.3, -0.25) is 9.59 Å². The van der Waals surface area contributed by atoms with Gasteiger partial charge in [-0.15, -0.1) is 0 Å². The Morgan fingerprint density at radius 1 is 1.13 bits per heavy atom. The van der Waals surface area contributed by atoms with Gasteiger partial charge in [-0.2, -0.15) is 0 Å². The van der Waals surface area contributed by atoms with Gasteiger partial charge in [0.15, 0.2) is 0 Å². The highest BCUT2D eigenvalue weighted by Crippen LogP contribution is 2.22. The van der Waals surface area contributed by atoms with Crippen molar-refractivity contribution in [2.24, 2.45) is 0 Å². The van der Waals surface area contributed by atoms with Gasteiger partial charge in [-0.1, -0.05) is 61.3 Å². The maximum atomic E-state index is 14.3. The molecule has 0 radical (unpaired) electrons. The van der Waals surface area contributed by atoms with Crippen molar-refractivity contribution in [3.63, 3.8) is 0 Å². The van der Waals surface area contributed by atoms with E-state index in [0.717, 1.165) is 17.5 Å². The van der Waals surface area contributed by atoms with Crippen molar-refractivity contribution >= 4 is 23.4 Å². The molecule has 0 saturated heterocycles. The predicted molar refractivity (Wildman–Crippen MR) is 119 cm³/mol. The first-order valence-corrected chi connectivity index (χ1v) is 10.7. The first-order chi connectivity index (χ1) is 14.3. The molecule has 0 aliphatic rings. The summed E-state index contributed by atoms with van der Waals surface area (Å²) in [6.07, 6.45) is 1.04. The Balaban J connectivity index is 2.35. The first-order valence-electron chi connectivity index (χ1n) is 10.3. The van der Waals surface area contributed by atoms with Gasteiger partial charge in [0, 0.05) is 23.2 Å². The minimum Gasteiger partial charge on any atom is -0.352 e. The molecule has 0 aliphatic carbocycles. The lowest BCUT2D eigenvalue weighted by Crippen LogP contribution is -2.51. The molecule has 6 heteroatoms. The number of nitrogens with zero attached hydrogens (tertiary/aromatic N) is 1. The first kappa shape index (κ1) is 23.9. The van der Waals surface area contributed by atoms with Gasteiger partial charge >= 0.3 is 0 Å². The molecule has 162 valence electrons. The highest BCUT2D eigenvalue weighted by atomic mass is 35.5. The highest BCUT2D eigenvalue weighted by Gasteiger charge is 2.30. The number of rotatable bonds is 9. The van der Waals surface area contributed by atoms with Crippen LogP contribution in [0.15, 0.2) is 42.5 Å². The molecule has 0 unspecified atom stereocenters. The van der Waals surface area contributed by atoms with Gasteiger partial charge in [-0.25, -0.2) is 4.39 Å². The van der Waals surface area contributed by atoms with Crippen LogP contribution in [0.4, 0.5) is 4.39 Å². The third-order valence-electron chi connectivity index (χ3n) is 5.21. The number of carbonyl (C=O) groups excluding carboxylic acids is 2. The largest absolute Gasteiger partial charge is 0.352 e. The minimum absolute atomic E-state index is 0.00323. The van der Waals surface area contributed by atoms with Crippen LogP contribution in [0.3, 0.4) is 0 Å². The Kier molecular flexibility index (Phi) is 8.85. The fourth-order valence-electron chi connectivity index (χ4n) is 3.32. The van der Waals surface area contributed by atoms with E-state index in [1.54, 1.807) is 6.07 Å². The van der Waals surface area contributed by atoms with Crippen molar-refractivity contribution < 1.29 is 14.0 Å². The Hall–Kier alpha value is -2.40. The second-order valence-corrected chi connectivity index (χ2v) is 8.04. The summed E-state index contributed by atoms with van der Waals surface area (Å²) in [5, 5.41) is 3.17. The van der Waals surface area contributed by atoms with Crippen molar-refractivity contribution in [1.29, 1.82) is 0 Å². The number of hydrogen-bond donors (Lipinski definition) is 1. The third kappa shape index (κ3) is 6.30. The quantitative estimate of drug-likeness (QED) is 0.602. The molecule has 30 heavy (non-hydrogen) atoms. The smallest absolute Gasteiger partial charge is 0.243 e. The van der Waals surface area contributed by atoms with E-state index in [4.69, 9.17) is 11.6 Å². The van der Waals surface area contributed by atoms with E-state index >= 15 is 0 Å². The van der Waals surface area contributed by atoms with Gasteiger partial charge in [-0.05, 0) is 44.4 Å². The number of carbonyl (C=O) groups is 2. The summed E-state index contributed by atoms with van der Waals surface area (Å²) < 4.78 is 14.3. The average Bonchev–Trinajstić information content (AvgIpc) is 2.70. The number of benzene rings is 2. The van der Waals surface area contributed by atoms with Crippen LogP contribution in [0, 0.1) is 12.7 Å². The van der Waals surface area contributed by atoms with Gasteiger partial charge in [0.25, 0.3) is 0 Å². The summed E-state index contributed by atoms with van der Waals surface area (Å²) in [5.41, 5.74) is 2.13. The molecule has 0 aromatic heterocycles. The van der Waals surface area contributed by atoms with E-state index < -0.39 is 11.9 Å². The van der Waals surface area contributed by atoms with Gasteiger partial charge in [0.2, 0.25) is 11.8 Å². The van der Waals surface area contributed by atoms with Crippen molar-refractivity contribution in [1.82, 2.24) is 10.2 Å². The van der Waals surface area contributed by atoms with Crippen LogP contribution in [0.5, 0.6) is 0 Å². The predicted octanol–water partition coefficient (Wildman–Crippen LogP) is 5.05. The molecule has 0 spiro atoms. The molecule has 0 heterocycles. The fourth-order valence-corrected chi connectivity index (χ4v) is 3.55. The number of amides is 2. The van der Waals surface area contributed by atoms with E-state index in [1.807, 2.05) is 52.0 Å². The van der Waals surface area contributed by atoms with Crippen LogP contribution in [0.25, 0.3) is 0 Å². The maximum absolute atomic E-state index is 14.3. The molecule has 0 bridgehead atoms. The summed E-state index contributed by atoms with van der Waals surface area (Å²) in [6, 6.07) is 11.5. The molecule has 4 nitrogen and oxygen atoms in total. The normalized spacial score (nSPS) is 12.9. The lowest BCUT2D eigenvalue weighted by atomic mass is 10.0. The van der Waals surface area contributed by atoms with Crippen molar-refractivity contribution in [2.45, 2.75) is 65.6 Å². The van der Waals surface area contributed by atoms with Crippen molar-refractivity contribution in [3.05, 3.63) is 70.0 Å². The average molecular weight is 433 g/mol. The summed E-state index contributed by atoms with van der Waals surface area (Å²) in [7, 11) is 0. The van der Waals surface area contributed by atoms with Crippen molar-refractivity contribution in [3.8, 4) is 0 Å².